The summed E-state index contributed by atoms with van der Waals surface area (Å²) in [6, 6.07) is 9.61. The second-order valence-electron chi connectivity index (χ2n) is 6.45. The molecule has 2 heterocycles. The van der Waals surface area contributed by atoms with Crippen LogP contribution >= 0.6 is 11.3 Å². The van der Waals surface area contributed by atoms with Crippen LogP contribution in [0.3, 0.4) is 0 Å². The van der Waals surface area contributed by atoms with E-state index in [4.69, 9.17) is 9.47 Å². The van der Waals surface area contributed by atoms with Gasteiger partial charge in [-0.15, -0.1) is 11.3 Å². The van der Waals surface area contributed by atoms with E-state index in [0.29, 0.717) is 29.5 Å². The molecule has 0 bridgehead atoms. The van der Waals surface area contributed by atoms with E-state index in [1.807, 2.05) is 11.3 Å². The molecule has 1 aromatic heterocycles. The predicted molar refractivity (Wildman–Crippen MR) is 105 cm³/mol. The average molecular weight is 375 g/mol. The van der Waals surface area contributed by atoms with Crippen LogP contribution in [0.2, 0.25) is 0 Å². The molecule has 0 spiro atoms. The zero-order chi connectivity index (χ0) is 18.4. The van der Waals surface area contributed by atoms with Crippen LogP contribution < -0.4 is 14.8 Å². The second kappa shape index (κ2) is 9.05. The van der Waals surface area contributed by atoms with Gasteiger partial charge in [-0.05, 0) is 55.4 Å². The van der Waals surface area contributed by atoms with Crippen LogP contribution in [0.15, 0.2) is 35.7 Å². The number of piperidine rings is 1. The van der Waals surface area contributed by atoms with E-state index >= 15 is 0 Å². The summed E-state index contributed by atoms with van der Waals surface area (Å²) >= 11 is 1.86. The zero-order valence-corrected chi connectivity index (χ0v) is 16.2. The number of nitrogens with zero attached hydrogens (tertiary/aromatic N) is 1. The molecule has 5 nitrogen and oxygen atoms in total. The molecular weight excluding hydrogens is 348 g/mol. The van der Waals surface area contributed by atoms with Gasteiger partial charge >= 0.3 is 0 Å². The number of hydrogen-bond donors (Lipinski definition) is 1. The Bertz CT molecular complexity index is 710. The summed E-state index contributed by atoms with van der Waals surface area (Å²) in [5.41, 5.74) is 0.532. The third-order valence-electron chi connectivity index (χ3n) is 4.90. The number of rotatable bonds is 7. The van der Waals surface area contributed by atoms with E-state index < -0.39 is 0 Å². The monoisotopic (exact) mass is 374 g/mol. The van der Waals surface area contributed by atoms with Crippen LogP contribution in [0.4, 0.5) is 0 Å². The lowest BCUT2D eigenvalue weighted by molar-refractivity contribution is 0.0942. The fourth-order valence-electron chi connectivity index (χ4n) is 3.37. The molecule has 0 aliphatic carbocycles. The minimum atomic E-state index is -0.113. The fraction of sp³-hybridized carbons (Fsp3) is 0.450. The van der Waals surface area contributed by atoms with Crippen LogP contribution in [0.5, 0.6) is 11.5 Å². The van der Waals surface area contributed by atoms with Gasteiger partial charge in [0.05, 0.1) is 19.8 Å². The Labute approximate surface area is 158 Å². The topological polar surface area (TPSA) is 50.8 Å². The quantitative estimate of drug-likeness (QED) is 0.807. The molecule has 0 saturated carbocycles. The highest BCUT2D eigenvalue weighted by atomic mass is 32.1. The van der Waals surface area contributed by atoms with Gasteiger partial charge in [-0.25, -0.2) is 0 Å². The average Bonchev–Trinajstić information content (AvgIpc) is 3.22. The van der Waals surface area contributed by atoms with Crippen molar-refractivity contribution >= 4 is 17.2 Å². The summed E-state index contributed by atoms with van der Waals surface area (Å²) in [4.78, 5) is 16.4. The molecule has 3 rings (SSSR count). The maximum atomic E-state index is 12.4. The highest BCUT2D eigenvalue weighted by Gasteiger charge is 2.21. The Kier molecular flexibility index (Phi) is 6.52. The molecule has 1 aromatic carbocycles. The fourth-order valence-corrected chi connectivity index (χ4v) is 4.27. The van der Waals surface area contributed by atoms with Crippen LogP contribution in [0, 0.1) is 0 Å². The first-order valence-corrected chi connectivity index (χ1v) is 9.85. The van der Waals surface area contributed by atoms with Crippen LogP contribution in [-0.4, -0.2) is 51.2 Å². The van der Waals surface area contributed by atoms with Crippen molar-refractivity contribution < 1.29 is 14.3 Å². The van der Waals surface area contributed by atoms with Crippen LogP contribution in [0.25, 0.3) is 0 Å². The number of carbonyl (C=O) groups is 1. The zero-order valence-electron chi connectivity index (χ0n) is 15.4. The van der Waals surface area contributed by atoms with Crippen molar-refractivity contribution in [3.05, 3.63) is 46.2 Å². The SMILES string of the molecule is COc1ccc(C(=O)NCCN2CCC(c3cccs3)CC2)c(OC)c1. The van der Waals surface area contributed by atoms with Crippen LogP contribution in [-0.2, 0) is 0 Å². The third kappa shape index (κ3) is 4.56. The second-order valence-corrected chi connectivity index (χ2v) is 7.43. The minimum absolute atomic E-state index is 0.113. The standard InChI is InChI=1S/C20H26N2O3S/c1-24-16-5-6-17(18(14-16)25-2)20(23)21-9-12-22-10-7-15(8-11-22)19-4-3-13-26-19/h3-6,13-15H,7-12H2,1-2H3,(H,21,23). The molecule has 1 fully saturated rings. The lowest BCUT2D eigenvalue weighted by atomic mass is 9.95. The van der Waals surface area contributed by atoms with Crippen molar-refractivity contribution in [1.29, 1.82) is 0 Å². The maximum Gasteiger partial charge on any atom is 0.255 e. The summed E-state index contributed by atoms with van der Waals surface area (Å²) in [5.74, 6) is 1.79. The Morgan fingerprint density at radius 2 is 2.04 bits per heavy atom. The normalized spacial score (nSPS) is 15.6. The highest BCUT2D eigenvalue weighted by molar-refractivity contribution is 7.10. The molecule has 1 N–H and O–H groups in total. The van der Waals surface area contributed by atoms with Crippen molar-refractivity contribution in [3.63, 3.8) is 0 Å². The Morgan fingerprint density at radius 1 is 1.23 bits per heavy atom. The number of carbonyl (C=O) groups excluding carboxylic acids is 1. The van der Waals surface area contributed by atoms with Gasteiger partial charge in [0.2, 0.25) is 0 Å². The smallest absolute Gasteiger partial charge is 0.255 e. The van der Waals surface area contributed by atoms with Gasteiger partial charge in [0, 0.05) is 24.0 Å². The molecular formula is C20H26N2O3S. The molecule has 1 amide bonds. The summed E-state index contributed by atoms with van der Waals surface area (Å²) in [6.45, 7) is 3.69. The van der Waals surface area contributed by atoms with Gasteiger partial charge < -0.3 is 19.7 Å². The highest BCUT2D eigenvalue weighted by Crippen LogP contribution is 2.30. The lowest BCUT2D eigenvalue weighted by Gasteiger charge is -2.31. The number of hydrogen-bond acceptors (Lipinski definition) is 5. The first-order chi connectivity index (χ1) is 12.7. The van der Waals surface area contributed by atoms with E-state index in [1.54, 1.807) is 32.4 Å². The van der Waals surface area contributed by atoms with Gasteiger partial charge in [0.1, 0.15) is 11.5 Å². The molecule has 2 aromatic rings. The minimum Gasteiger partial charge on any atom is -0.497 e. The third-order valence-corrected chi connectivity index (χ3v) is 5.93. The number of amides is 1. The summed E-state index contributed by atoms with van der Waals surface area (Å²) in [5, 5.41) is 5.16. The van der Waals surface area contributed by atoms with Crippen molar-refractivity contribution in [1.82, 2.24) is 10.2 Å². The van der Waals surface area contributed by atoms with Gasteiger partial charge in [0.25, 0.3) is 5.91 Å². The summed E-state index contributed by atoms with van der Waals surface area (Å²) in [7, 11) is 3.15. The molecule has 140 valence electrons. The summed E-state index contributed by atoms with van der Waals surface area (Å²) in [6.07, 6.45) is 2.39. The van der Waals surface area contributed by atoms with Crippen molar-refractivity contribution in [2.24, 2.45) is 0 Å². The number of likely N-dealkylation sites (tertiary alicyclic amines) is 1. The van der Waals surface area contributed by atoms with Gasteiger partial charge in [-0.3, -0.25) is 4.79 Å². The van der Waals surface area contributed by atoms with Gasteiger partial charge in [0.15, 0.2) is 0 Å². The van der Waals surface area contributed by atoms with Crippen LogP contribution in [0.1, 0.15) is 34.0 Å². The molecule has 6 heteroatoms. The molecule has 0 radical (unpaired) electrons. The first-order valence-electron chi connectivity index (χ1n) is 8.97. The van der Waals surface area contributed by atoms with E-state index in [2.05, 4.69) is 27.7 Å². The van der Waals surface area contributed by atoms with Gasteiger partial charge in [-0.1, -0.05) is 6.07 Å². The maximum absolute atomic E-state index is 12.4. The summed E-state index contributed by atoms with van der Waals surface area (Å²) < 4.78 is 10.5. The number of methoxy groups -OCH3 is 2. The number of thiophene rings is 1. The van der Waals surface area contributed by atoms with Crippen molar-refractivity contribution in [2.75, 3.05) is 40.4 Å². The Hall–Kier alpha value is -2.05. The molecule has 0 atom stereocenters. The Balaban J connectivity index is 1.44. The lowest BCUT2D eigenvalue weighted by Crippen LogP contribution is -2.39. The van der Waals surface area contributed by atoms with Crippen molar-refractivity contribution in [2.45, 2.75) is 18.8 Å². The molecule has 1 aliphatic rings. The van der Waals surface area contributed by atoms with E-state index in [9.17, 15) is 4.79 Å². The number of benzene rings is 1. The molecule has 26 heavy (non-hydrogen) atoms. The first kappa shape index (κ1) is 18.7. The van der Waals surface area contributed by atoms with E-state index in [0.717, 1.165) is 19.6 Å². The number of nitrogens with one attached hydrogen (secondary N) is 1. The predicted octanol–water partition coefficient (Wildman–Crippen LogP) is 3.37. The van der Waals surface area contributed by atoms with Crippen molar-refractivity contribution in [3.8, 4) is 11.5 Å². The number of ether oxygens (including phenoxy) is 2. The molecule has 1 aliphatic heterocycles. The molecule has 1 saturated heterocycles. The van der Waals surface area contributed by atoms with E-state index in [1.165, 1.54) is 17.7 Å². The largest absolute Gasteiger partial charge is 0.497 e. The Morgan fingerprint density at radius 3 is 2.69 bits per heavy atom. The van der Waals surface area contributed by atoms with E-state index in [-0.39, 0.29) is 5.91 Å². The van der Waals surface area contributed by atoms with Gasteiger partial charge in [-0.2, -0.15) is 0 Å². The molecule has 0 unspecified atom stereocenters.